The van der Waals surface area contributed by atoms with Gasteiger partial charge in [-0.25, -0.2) is 4.79 Å². The number of esters is 1. The molecule has 102 valence electrons. The van der Waals surface area contributed by atoms with Crippen molar-refractivity contribution in [1.29, 1.82) is 0 Å². The molecule has 0 aliphatic rings. The summed E-state index contributed by atoms with van der Waals surface area (Å²) in [7, 11) is -1.07. The molecule has 18 heavy (non-hydrogen) atoms. The first-order valence-corrected chi connectivity index (χ1v) is 10.0. The van der Waals surface area contributed by atoms with Gasteiger partial charge >= 0.3 is 5.97 Å². The molecule has 0 aliphatic carbocycles. The maximum Gasteiger partial charge on any atom is 0.374 e. The van der Waals surface area contributed by atoms with Gasteiger partial charge in [0.05, 0.1) is 6.61 Å². The van der Waals surface area contributed by atoms with E-state index in [1.54, 1.807) is 6.92 Å². The second-order valence-electron chi connectivity index (χ2n) is 5.47. The molecule has 0 rings (SSSR count). The Morgan fingerprint density at radius 2 is 1.83 bits per heavy atom. The van der Waals surface area contributed by atoms with Gasteiger partial charge in [0.2, 0.25) is 5.78 Å². The molecule has 0 spiro atoms. The molecular formula is C14H24O3Si. The maximum atomic E-state index is 11.3. The van der Waals surface area contributed by atoms with Crippen LogP contribution in [0.3, 0.4) is 0 Å². The van der Waals surface area contributed by atoms with E-state index in [4.69, 9.17) is 0 Å². The minimum absolute atomic E-state index is 0.176. The number of allylic oxidation sites excluding steroid dienone is 3. The van der Waals surface area contributed by atoms with E-state index in [2.05, 4.69) is 37.0 Å². The topological polar surface area (TPSA) is 43.4 Å². The van der Waals surface area contributed by atoms with Gasteiger partial charge in [-0.05, 0) is 19.4 Å². The first-order valence-electron chi connectivity index (χ1n) is 6.30. The highest BCUT2D eigenvalue weighted by Crippen LogP contribution is 2.11. The number of ether oxygens (including phenoxy) is 1. The second-order valence-corrected chi connectivity index (χ2v) is 11.0. The van der Waals surface area contributed by atoms with E-state index in [9.17, 15) is 9.59 Å². The van der Waals surface area contributed by atoms with Gasteiger partial charge in [-0.3, -0.25) is 4.79 Å². The van der Waals surface area contributed by atoms with E-state index in [1.807, 2.05) is 6.08 Å². The molecule has 4 heteroatoms. The first-order chi connectivity index (χ1) is 8.26. The molecule has 0 fully saturated rings. The van der Waals surface area contributed by atoms with Crippen LogP contribution in [0.2, 0.25) is 25.7 Å². The molecule has 0 aromatic rings. The third-order valence-electron chi connectivity index (χ3n) is 2.26. The summed E-state index contributed by atoms with van der Waals surface area (Å²) in [5.41, 5.74) is 0.880. The van der Waals surface area contributed by atoms with Crippen LogP contribution in [-0.4, -0.2) is 26.4 Å². The van der Waals surface area contributed by atoms with Crippen molar-refractivity contribution in [1.82, 2.24) is 0 Å². The van der Waals surface area contributed by atoms with E-state index >= 15 is 0 Å². The van der Waals surface area contributed by atoms with Crippen LogP contribution in [0, 0.1) is 0 Å². The minimum atomic E-state index is -1.07. The highest BCUT2D eigenvalue weighted by atomic mass is 28.3. The van der Waals surface area contributed by atoms with Gasteiger partial charge in [0.1, 0.15) is 0 Å². The van der Waals surface area contributed by atoms with E-state index < -0.39 is 19.8 Å². The summed E-state index contributed by atoms with van der Waals surface area (Å²) in [5.74, 6) is -1.21. The summed E-state index contributed by atoms with van der Waals surface area (Å²) < 4.78 is 4.63. The van der Waals surface area contributed by atoms with Crippen molar-refractivity contribution in [2.75, 3.05) is 6.61 Å². The molecule has 0 aromatic heterocycles. The monoisotopic (exact) mass is 268 g/mol. The van der Waals surface area contributed by atoms with Crippen LogP contribution in [0.1, 0.15) is 19.8 Å². The van der Waals surface area contributed by atoms with E-state index in [-0.39, 0.29) is 13.0 Å². The molecule has 0 saturated heterocycles. The van der Waals surface area contributed by atoms with Gasteiger partial charge in [-0.1, -0.05) is 43.9 Å². The van der Waals surface area contributed by atoms with Crippen molar-refractivity contribution in [3.63, 3.8) is 0 Å². The Morgan fingerprint density at radius 3 is 2.33 bits per heavy atom. The predicted molar refractivity (Wildman–Crippen MR) is 77.3 cm³/mol. The van der Waals surface area contributed by atoms with Crippen LogP contribution in [-0.2, 0) is 14.3 Å². The normalized spacial score (nSPS) is 11.6. The average molecular weight is 268 g/mol. The Bertz CT molecular complexity index is 337. The summed E-state index contributed by atoms with van der Waals surface area (Å²) in [6.07, 6.45) is 4.76. The fourth-order valence-electron chi connectivity index (χ4n) is 1.25. The van der Waals surface area contributed by atoms with Crippen molar-refractivity contribution >= 4 is 19.8 Å². The first kappa shape index (κ1) is 16.8. The maximum absolute atomic E-state index is 11.3. The molecule has 0 aromatic carbocycles. The zero-order valence-corrected chi connectivity index (χ0v) is 12.9. The number of Topliss-reactive ketones (excluding diaryl/α,β-unsaturated/α-hetero) is 1. The smallest absolute Gasteiger partial charge is 0.374 e. The highest BCUT2D eigenvalue weighted by Gasteiger charge is 2.14. The van der Waals surface area contributed by atoms with Crippen LogP contribution >= 0.6 is 0 Å². The summed E-state index contributed by atoms with van der Waals surface area (Å²) >= 11 is 0. The second kappa shape index (κ2) is 8.03. The standard InChI is InChI=1S/C14H24O3Si/c1-6-17-14(16)13(15)10-9-12(2)8-7-11-18(3,4)5/h7-8H,2,6,9-11H2,1,3-5H3/b8-7+. The number of carbonyl (C=O) groups is 2. The number of carbonyl (C=O) groups excluding carboxylic acids is 2. The van der Waals surface area contributed by atoms with E-state index in [0.717, 1.165) is 11.6 Å². The molecule has 3 nitrogen and oxygen atoms in total. The van der Waals surface area contributed by atoms with Crippen molar-refractivity contribution in [2.45, 2.75) is 45.5 Å². The SMILES string of the molecule is C=C(/C=C/C[Si](C)(C)C)CCC(=O)C(=O)OCC. The number of ketones is 1. The fraction of sp³-hybridized carbons (Fsp3) is 0.571. The van der Waals surface area contributed by atoms with Gasteiger partial charge in [0.15, 0.2) is 0 Å². The molecule has 0 heterocycles. The quantitative estimate of drug-likeness (QED) is 0.293. The highest BCUT2D eigenvalue weighted by molar-refractivity contribution is 6.76. The Hall–Kier alpha value is -1.16. The lowest BCUT2D eigenvalue weighted by atomic mass is 10.1. The fourth-order valence-corrected chi connectivity index (χ4v) is 2.08. The van der Waals surface area contributed by atoms with Crippen LogP contribution in [0.4, 0.5) is 0 Å². The zero-order valence-electron chi connectivity index (χ0n) is 11.9. The molecule has 0 unspecified atom stereocenters. The van der Waals surface area contributed by atoms with Gasteiger partial charge in [-0.2, -0.15) is 0 Å². The lowest BCUT2D eigenvalue weighted by molar-refractivity contribution is -0.153. The van der Waals surface area contributed by atoms with E-state index in [1.165, 1.54) is 0 Å². The van der Waals surface area contributed by atoms with Crippen LogP contribution in [0.25, 0.3) is 0 Å². The molecule has 0 saturated carbocycles. The van der Waals surface area contributed by atoms with Crippen LogP contribution in [0.15, 0.2) is 24.3 Å². The average Bonchev–Trinajstić information content (AvgIpc) is 2.24. The molecule has 0 radical (unpaired) electrons. The molecule has 0 bridgehead atoms. The summed E-state index contributed by atoms with van der Waals surface area (Å²) in [6.45, 7) is 12.7. The van der Waals surface area contributed by atoms with Gasteiger partial charge < -0.3 is 4.74 Å². The third kappa shape index (κ3) is 8.93. The van der Waals surface area contributed by atoms with Crippen molar-refractivity contribution in [2.24, 2.45) is 0 Å². The third-order valence-corrected chi connectivity index (χ3v) is 3.72. The van der Waals surface area contributed by atoms with Gasteiger partial charge in [-0.15, -0.1) is 0 Å². The molecule has 0 atom stereocenters. The van der Waals surface area contributed by atoms with Crippen molar-refractivity contribution < 1.29 is 14.3 Å². The Balaban J connectivity index is 3.97. The Morgan fingerprint density at radius 1 is 1.22 bits per heavy atom. The lowest BCUT2D eigenvalue weighted by Crippen LogP contribution is -2.17. The predicted octanol–water partition coefficient (Wildman–Crippen LogP) is 3.35. The largest absolute Gasteiger partial charge is 0.460 e. The molecule has 0 N–H and O–H groups in total. The Kier molecular flexibility index (Phi) is 7.51. The number of hydrogen-bond acceptors (Lipinski definition) is 3. The van der Waals surface area contributed by atoms with Crippen molar-refractivity contribution in [3.05, 3.63) is 24.3 Å². The minimum Gasteiger partial charge on any atom is -0.460 e. The van der Waals surface area contributed by atoms with Gasteiger partial charge in [0, 0.05) is 14.5 Å². The zero-order chi connectivity index (χ0) is 14.2. The molecule has 0 amide bonds. The Labute approximate surface area is 111 Å². The molecular weight excluding hydrogens is 244 g/mol. The lowest BCUT2D eigenvalue weighted by Gasteiger charge is -2.11. The summed E-state index contributed by atoms with van der Waals surface area (Å²) in [5, 5.41) is 0. The number of rotatable bonds is 8. The summed E-state index contributed by atoms with van der Waals surface area (Å²) in [4.78, 5) is 22.4. The van der Waals surface area contributed by atoms with Crippen molar-refractivity contribution in [3.8, 4) is 0 Å². The summed E-state index contributed by atoms with van der Waals surface area (Å²) in [6, 6.07) is 1.10. The molecule has 0 aliphatic heterocycles. The number of hydrogen-bond donors (Lipinski definition) is 0. The van der Waals surface area contributed by atoms with Crippen LogP contribution in [0.5, 0.6) is 0 Å². The van der Waals surface area contributed by atoms with Gasteiger partial charge in [0.25, 0.3) is 0 Å². The van der Waals surface area contributed by atoms with E-state index in [0.29, 0.717) is 6.42 Å². The van der Waals surface area contributed by atoms with Crippen LogP contribution < -0.4 is 0 Å².